The SMILES string of the molecule is COC(=O)[C@H](C/C=C/c1ccccc1)[C@H](O)CO[Si](C)(C)C(C)(C)C. The third-order valence-electron chi connectivity index (χ3n) is 4.89. The quantitative estimate of drug-likeness (QED) is 0.553. The summed E-state index contributed by atoms with van der Waals surface area (Å²) in [6.45, 7) is 10.8. The van der Waals surface area contributed by atoms with Gasteiger partial charge in [-0.15, -0.1) is 0 Å². The molecule has 0 spiro atoms. The molecule has 1 aromatic rings. The normalized spacial score (nSPS) is 15.2. The minimum atomic E-state index is -1.97. The highest BCUT2D eigenvalue weighted by atomic mass is 28.4. The number of aliphatic hydroxyl groups is 1. The van der Waals surface area contributed by atoms with Gasteiger partial charge in [0.05, 0.1) is 25.7 Å². The third-order valence-corrected chi connectivity index (χ3v) is 9.39. The molecule has 1 aromatic carbocycles. The van der Waals surface area contributed by atoms with E-state index in [1.165, 1.54) is 7.11 Å². The highest BCUT2D eigenvalue weighted by molar-refractivity contribution is 6.74. The van der Waals surface area contributed by atoms with Crippen LogP contribution in [0.1, 0.15) is 32.8 Å². The average molecular weight is 365 g/mol. The molecule has 1 rings (SSSR count). The fraction of sp³-hybridized carbons (Fsp3) is 0.550. The van der Waals surface area contributed by atoms with Crippen LogP contribution in [0.4, 0.5) is 0 Å². The number of esters is 1. The Labute approximate surface area is 153 Å². The van der Waals surface area contributed by atoms with Crippen LogP contribution in [0.15, 0.2) is 36.4 Å². The number of aliphatic hydroxyl groups excluding tert-OH is 1. The number of hydrogen-bond donors (Lipinski definition) is 1. The van der Waals surface area contributed by atoms with Gasteiger partial charge in [0.2, 0.25) is 0 Å². The van der Waals surface area contributed by atoms with Crippen LogP contribution in [0.3, 0.4) is 0 Å². The van der Waals surface area contributed by atoms with E-state index in [9.17, 15) is 9.90 Å². The van der Waals surface area contributed by atoms with Gasteiger partial charge in [-0.25, -0.2) is 0 Å². The lowest BCUT2D eigenvalue weighted by atomic mass is 9.98. The van der Waals surface area contributed by atoms with Crippen molar-refractivity contribution in [1.29, 1.82) is 0 Å². The number of hydrogen-bond acceptors (Lipinski definition) is 4. The largest absolute Gasteiger partial charge is 0.469 e. The topological polar surface area (TPSA) is 55.8 Å². The van der Waals surface area contributed by atoms with E-state index < -0.39 is 26.3 Å². The molecule has 140 valence electrons. The number of rotatable bonds is 8. The first-order chi connectivity index (χ1) is 11.6. The second-order valence-corrected chi connectivity index (χ2v) is 12.6. The van der Waals surface area contributed by atoms with Crippen molar-refractivity contribution < 1.29 is 19.1 Å². The Bertz CT molecular complexity index is 561. The van der Waals surface area contributed by atoms with Crippen molar-refractivity contribution in [2.45, 2.75) is 51.4 Å². The molecule has 0 aliphatic heterocycles. The standard InChI is InChI=1S/C20H32O4Si/c1-20(2,3)25(5,6)24-15-18(21)17(19(22)23-4)14-10-13-16-11-8-7-9-12-16/h7-13,17-18,21H,14-15H2,1-6H3/b13-10+/t17-,18-/m1/s1. The average Bonchev–Trinajstić information content (AvgIpc) is 2.56. The monoisotopic (exact) mass is 364 g/mol. The van der Waals surface area contributed by atoms with Gasteiger partial charge in [-0.1, -0.05) is 63.3 Å². The maximum Gasteiger partial charge on any atom is 0.311 e. The lowest BCUT2D eigenvalue weighted by Crippen LogP contribution is -2.44. The summed E-state index contributed by atoms with van der Waals surface area (Å²) in [5, 5.41) is 10.6. The summed E-state index contributed by atoms with van der Waals surface area (Å²) in [5.41, 5.74) is 1.05. The van der Waals surface area contributed by atoms with Gasteiger partial charge < -0.3 is 14.3 Å². The van der Waals surface area contributed by atoms with Crippen LogP contribution in [-0.4, -0.2) is 39.2 Å². The molecule has 0 bridgehead atoms. The van der Waals surface area contributed by atoms with E-state index in [1.807, 2.05) is 42.5 Å². The molecule has 0 aromatic heterocycles. The fourth-order valence-electron chi connectivity index (χ4n) is 2.10. The molecule has 0 aliphatic rings. The molecule has 0 heterocycles. The highest BCUT2D eigenvalue weighted by Crippen LogP contribution is 2.36. The maximum atomic E-state index is 12.1. The van der Waals surface area contributed by atoms with E-state index in [-0.39, 0.29) is 11.6 Å². The van der Waals surface area contributed by atoms with Crippen molar-refractivity contribution in [2.75, 3.05) is 13.7 Å². The molecule has 5 heteroatoms. The van der Waals surface area contributed by atoms with Crippen LogP contribution in [0.2, 0.25) is 18.1 Å². The Morgan fingerprint density at radius 1 is 1.24 bits per heavy atom. The van der Waals surface area contributed by atoms with Crippen molar-refractivity contribution in [2.24, 2.45) is 5.92 Å². The van der Waals surface area contributed by atoms with E-state index in [1.54, 1.807) is 0 Å². The molecule has 0 fully saturated rings. The Kier molecular flexibility index (Phi) is 8.05. The molecule has 0 radical (unpaired) electrons. The van der Waals surface area contributed by atoms with Gasteiger partial charge >= 0.3 is 5.97 Å². The Morgan fingerprint density at radius 2 is 1.84 bits per heavy atom. The molecule has 4 nitrogen and oxygen atoms in total. The summed E-state index contributed by atoms with van der Waals surface area (Å²) < 4.78 is 10.9. The smallest absolute Gasteiger partial charge is 0.311 e. The zero-order chi connectivity index (χ0) is 19.1. The number of carbonyl (C=O) groups excluding carboxylic acids is 1. The zero-order valence-electron chi connectivity index (χ0n) is 16.3. The van der Waals surface area contributed by atoms with Gasteiger partial charge in [0.25, 0.3) is 0 Å². The van der Waals surface area contributed by atoms with Gasteiger partial charge in [0.15, 0.2) is 8.32 Å². The van der Waals surface area contributed by atoms with Gasteiger partial charge in [0, 0.05) is 0 Å². The van der Waals surface area contributed by atoms with Crippen molar-refractivity contribution in [1.82, 2.24) is 0 Å². The number of ether oxygens (including phenoxy) is 1. The van der Waals surface area contributed by atoms with E-state index in [2.05, 4.69) is 33.9 Å². The van der Waals surface area contributed by atoms with Gasteiger partial charge in [-0.2, -0.15) is 0 Å². The van der Waals surface area contributed by atoms with E-state index in [0.717, 1.165) is 5.56 Å². The fourth-order valence-corrected chi connectivity index (χ4v) is 3.12. The van der Waals surface area contributed by atoms with E-state index in [4.69, 9.17) is 9.16 Å². The van der Waals surface area contributed by atoms with Crippen molar-refractivity contribution in [3.05, 3.63) is 42.0 Å². The van der Waals surface area contributed by atoms with Crippen molar-refractivity contribution >= 4 is 20.4 Å². The Morgan fingerprint density at radius 3 is 2.36 bits per heavy atom. The molecule has 2 atom stereocenters. The van der Waals surface area contributed by atoms with Crippen molar-refractivity contribution in [3.8, 4) is 0 Å². The molecular weight excluding hydrogens is 332 g/mol. The summed E-state index contributed by atoms with van der Waals surface area (Å²) in [7, 11) is -0.628. The van der Waals surface area contributed by atoms with Crippen LogP contribution in [0.5, 0.6) is 0 Å². The first-order valence-electron chi connectivity index (χ1n) is 8.70. The van der Waals surface area contributed by atoms with E-state index >= 15 is 0 Å². The molecule has 0 amide bonds. The molecule has 0 saturated carbocycles. The van der Waals surface area contributed by atoms with Crippen LogP contribution in [0.25, 0.3) is 6.08 Å². The first-order valence-corrected chi connectivity index (χ1v) is 11.6. The first kappa shape index (κ1) is 21.6. The number of benzene rings is 1. The molecule has 1 N–H and O–H groups in total. The second-order valence-electron chi connectivity index (χ2n) is 7.82. The van der Waals surface area contributed by atoms with Crippen molar-refractivity contribution in [3.63, 3.8) is 0 Å². The third kappa shape index (κ3) is 6.76. The molecule has 0 saturated heterocycles. The Hall–Kier alpha value is -1.43. The summed E-state index contributed by atoms with van der Waals surface area (Å²) in [6.07, 6.45) is 3.36. The number of methoxy groups -OCH3 is 1. The summed E-state index contributed by atoms with van der Waals surface area (Å²) >= 11 is 0. The zero-order valence-corrected chi connectivity index (χ0v) is 17.3. The lowest BCUT2D eigenvalue weighted by molar-refractivity contribution is -0.150. The summed E-state index contributed by atoms with van der Waals surface area (Å²) in [5.74, 6) is -1.04. The minimum absolute atomic E-state index is 0.0562. The minimum Gasteiger partial charge on any atom is -0.469 e. The maximum absolute atomic E-state index is 12.1. The van der Waals surface area contributed by atoms with Gasteiger partial charge in [-0.3, -0.25) is 4.79 Å². The molecular formula is C20H32O4Si. The van der Waals surface area contributed by atoms with Gasteiger partial charge in [-0.05, 0) is 30.1 Å². The van der Waals surface area contributed by atoms with Crippen LogP contribution in [0, 0.1) is 5.92 Å². The molecule has 25 heavy (non-hydrogen) atoms. The summed E-state index contributed by atoms with van der Waals surface area (Å²) in [4.78, 5) is 12.1. The summed E-state index contributed by atoms with van der Waals surface area (Å²) in [6, 6.07) is 9.84. The molecule has 0 aliphatic carbocycles. The molecule has 0 unspecified atom stereocenters. The predicted octanol–water partition coefficient (Wildman–Crippen LogP) is 4.26. The second kappa shape index (κ2) is 9.32. The van der Waals surface area contributed by atoms with E-state index in [0.29, 0.717) is 6.42 Å². The van der Waals surface area contributed by atoms with Crippen LogP contribution in [-0.2, 0) is 14.0 Å². The Balaban J connectivity index is 2.71. The van der Waals surface area contributed by atoms with Crippen LogP contribution >= 0.6 is 0 Å². The highest BCUT2D eigenvalue weighted by Gasteiger charge is 2.38. The number of allylic oxidation sites excluding steroid dienone is 1. The van der Waals surface area contributed by atoms with Crippen LogP contribution < -0.4 is 0 Å². The lowest BCUT2D eigenvalue weighted by Gasteiger charge is -2.37. The number of carbonyl (C=O) groups is 1. The predicted molar refractivity (Wildman–Crippen MR) is 105 cm³/mol. The van der Waals surface area contributed by atoms with Gasteiger partial charge in [0.1, 0.15) is 0 Å².